The number of allylic oxidation sites excluding steroid dienone is 1. The molecular weight excluding hydrogens is 178 g/mol. The Morgan fingerprint density at radius 1 is 1.14 bits per heavy atom. The Kier molecular flexibility index (Phi) is 2.14. The lowest BCUT2D eigenvalue weighted by Crippen LogP contribution is -2.15. The van der Waals surface area contributed by atoms with Crippen LogP contribution in [0.1, 0.15) is 16.8 Å². The van der Waals surface area contributed by atoms with Crippen LogP contribution in [-0.4, -0.2) is 11.7 Å². The molecule has 70 valence electrons. The minimum Gasteiger partial charge on any atom is -0.325 e. The summed E-state index contributed by atoms with van der Waals surface area (Å²) in [6.07, 6.45) is 3.27. The van der Waals surface area contributed by atoms with Crippen molar-refractivity contribution < 1.29 is 9.59 Å². The number of anilines is 1. The lowest BCUT2D eigenvalue weighted by molar-refractivity contribution is -0.115. The molecule has 0 aliphatic carbocycles. The van der Waals surface area contributed by atoms with Gasteiger partial charge in [0.15, 0.2) is 5.78 Å². The molecule has 0 atom stereocenters. The van der Waals surface area contributed by atoms with Crippen molar-refractivity contribution >= 4 is 17.4 Å². The van der Waals surface area contributed by atoms with Crippen molar-refractivity contribution in [3.05, 3.63) is 42.0 Å². The van der Waals surface area contributed by atoms with Crippen LogP contribution in [0.4, 0.5) is 5.69 Å². The number of hydrogen-bond acceptors (Lipinski definition) is 2. The van der Waals surface area contributed by atoms with Gasteiger partial charge >= 0.3 is 0 Å². The van der Waals surface area contributed by atoms with Gasteiger partial charge in [-0.3, -0.25) is 9.59 Å². The Bertz CT molecular complexity index is 421. The van der Waals surface area contributed by atoms with Crippen LogP contribution in [0, 0.1) is 0 Å². The normalized spacial score (nSPS) is 15.4. The SMILES string of the molecule is O=C1CC=CC(=O)c2ccccc2N1. The van der Waals surface area contributed by atoms with E-state index in [1.807, 2.05) is 0 Å². The fourth-order valence-electron chi connectivity index (χ4n) is 1.37. The molecule has 1 aliphatic rings. The molecule has 1 amide bonds. The standard InChI is InChI=1S/C11H9NO2/c13-10-6-3-7-11(14)12-9-5-2-1-4-8(9)10/h1-6H,7H2,(H,12,14). The van der Waals surface area contributed by atoms with Crippen molar-refractivity contribution in [1.82, 2.24) is 0 Å². The van der Waals surface area contributed by atoms with E-state index in [0.717, 1.165) is 0 Å². The van der Waals surface area contributed by atoms with Gasteiger partial charge in [-0.1, -0.05) is 18.2 Å². The highest BCUT2D eigenvalue weighted by Crippen LogP contribution is 2.18. The van der Waals surface area contributed by atoms with Crippen LogP contribution in [0.25, 0.3) is 0 Å². The number of carbonyl (C=O) groups excluding carboxylic acids is 2. The number of carbonyl (C=O) groups is 2. The fraction of sp³-hybridized carbons (Fsp3) is 0.0909. The zero-order chi connectivity index (χ0) is 9.97. The number of amides is 1. The summed E-state index contributed by atoms with van der Waals surface area (Å²) in [6, 6.07) is 6.99. The molecule has 0 fully saturated rings. The van der Waals surface area contributed by atoms with Gasteiger partial charge in [-0.15, -0.1) is 0 Å². The molecule has 1 aromatic rings. The van der Waals surface area contributed by atoms with Gasteiger partial charge in [0.05, 0.1) is 5.69 Å². The van der Waals surface area contributed by atoms with Crippen molar-refractivity contribution in [1.29, 1.82) is 0 Å². The molecular formula is C11H9NO2. The minimum atomic E-state index is -0.0961. The van der Waals surface area contributed by atoms with Gasteiger partial charge in [0, 0.05) is 12.0 Å². The van der Waals surface area contributed by atoms with Gasteiger partial charge < -0.3 is 5.32 Å². The van der Waals surface area contributed by atoms with E-state index in [1.54, 1.807) is 30.3 Å². The van der Waals surface area contributed by atoms with E-state index >= 15 is 0 Å². The third kappa shape index (κ3) is 1.57. The summed E-state index contributed by atoms with van der Waals surface area (Å²) in [5.41, 5.74) is 1.13. The maximum Gasteiger partial charge on any atom is 0.228 e. The first-order valence-electron chi connectivity index (χ1n) is 4.37. The third-order valence-electron chi connectivity index (χ3n) is 2.04. The second-order valence-corrected chi connectivity index (χ2v) is 3.06. The maximum atomic E-state index is 11.5. The van der Waals surface area contributed by atoms with Gasteiger partial charge in [-0.05, 0) is 18.2 Å². The number of benzene rings is 1. The molecule has 0 saturated carbocycles. The second kappa shape index (κ2) is 3.46. The largest absolute Gasteiger partial charge is 0.325 e. The quantitative estimate of drug-likeness (QED) is 0.672. The first-order chi connectivity index (χ1) is 6.77. The van der Waals surface area contributed by atoms with E-state index in [2.05, 4.69) is 5.32 Å². The van der Waals surface area contributed by atoms with E-state index in [-0.39, 0.29) is 18.1 Å². The minimum absolute atomic E-state index is 0.0689. The lowest BCUT2D eigenvalue weighted by atomic mass is 10.1. The highest BCUT2D eigenvalue weighted by atomic mass is 16.1. The zero-order valence-electron chi connectivity index (χ0n) is 7.49. The summed E-state index contributed by atoms with van der Waals surface area (Å²) in [5.74, 6) is -0.165. The van der Waals surface area contributed by atoms with Gasteiger partial charge in [0.1, 0.15) is 0 Å². The van der Waals surface area contributed by atoms with E-state index < -0.39 is 0 Å². The molecule has 3 nitrogen and oxygen atoms in total. The molecule has 0 radical (unpaired) electrons. The zero-order valence-corrected chi connectivity index (χ0v) is 7.49. The van der Waals surface area contributed by atoms with Crippen LogP contribution >= 0.6 is 0 Å². The van der Waals surface area contributed by atoms with Gasteiger partial charge in [-0.25, -0.2) is 0 Å². The Hall–Kier alpha value is -1.90. The number of rotatable bonds is 0. The van der Waals surface area contributed by atoms with Crippen molar-refractivity contribution in [2.75, 3.05) is 5.32 Å². The molecule has 1 aromatic carbocycles. The van der Waals surface area contributed by atoms with E-state index in [4.69, 9.17) is 0 Å². The number of hydrogen-bond donors (Lipinski definition) is 1. The molecule has 0 spiro atoms. The lowest BCUT2D eigenvalue weighted by Gasteiger charge is -2.10. The van der Waals surface area contributed by atoms with Crippen LogP contribution < -0.4 is 5.32 Å². The number of ketones is 1. The van der Waals surface area contributed by atoms with Crippen molar-refractivity contribution in [2.24, 2.45) is 0 Å². The van der Waals surface area contributed by atoms with Gasteiger partial charge in [-0.2, -0.15) is 0 Å². The van der Waals surface area contributed by atoms with Crippen molar-refractivity contribution in [3.63, 3.8) is 0 Å². The summed E-state index contributed by atoms with van der Waals surface area (Å²) < 4.78 is 0. The number of nitrogens with one attached hydrogen (secondary N) is 1. The van der Waals surface area contributed by atoms with Crippen molar-refractivity contribution in [3.8, 4) is 0 Å². The van der Waals surface area contributed by atoms with Crippen LogP contribution in [0.5, 0.6) is 0 Å². The maximum absolute atomic E-state index is 11.5. The Labute approximate surface area is 81.4 Å². The molecule has 3 heteroatoms. The average molecular weight is 187 g/mol. The first-order valence-corrected chi connectivity index (χ1v) is 4.37. The molecule has 14 heavy (non-hydrogen) atoms. The van der Waals surface area contributed by atoms with Gasteiger partial charge in [0.25, 0.3) is 0 Å². The molecule has 1 aliphatic heterocycles. The molecule has 0 bridgehead atoms. The molecule has 0 unspecified atom stereocenters. The predicted octanol–water partition coefficient (Wildman–Crippen LogP) is 1.77. The Morgan fingerprint density at radius 3 is 2.79 bits per heavy atom. The van der Waals surface area contributed by atoms with Crippen LogP contribution in [0.2, 0.25) is 0 Å². The molecule has 1 heterocycles. The van der Waals surface area contributed by atoms with E-state index in [9.17, 15) is 9.59 Å². The highest BCUT2D eigenvalue weighted by molar-refractivity contribution is 6.11. The molecule has 1 N–H and O–H groups in total. The molecule has 0 aromatic heterocycles. The Morgan fingerprint density at radius 2 is 1.93 bits per heavy atom. The highest BCUT2D eigenvalue weighted by Gasteiger charge is 2.12. The summed E-state index contributed by atoms with van der Waals surface area (Å²) in [4.78, 5) is 22.8. The monoisotopic (exact) mass is 187 g/mol. The summed E-state index contributed by atoms with van der Waals surface area (Å²) >= 11 is 0. The smallest absolute Gasteiger partial charge is 0.228 e. The first kappa shape index (κ1) is 8.69. The van der Waals surface area contributed by atoms with E-state index in [1.165, 1.54) is 6.08 Å². The van der Waals surface area contributed by atoms with E-state index in [0.29, 0.717) is 11.3 Å². The molecule has 2 rings (SSSR count). The fourth-order valence-corrected chi connectivity index (χ4v) is 1.37. The van der Waals surface area contributed by atoms with Crippen LogP contribution in [0.3, 0.4) is 0 Å². The third-order valence-corrected chi connectivity index (χ3v) is 2.04. The number of fused-ring (bicyclic) bond motifs is 1. The topological polar surface area (TPSA) is 46.2 Å². The second-order valence-electron chi connectivity index (χ2n) is 3.06. The molecule has 0 saturated heterocycles. The van der Waals surface area contributed by atoms with Crippen LogP contribution in [0.15, 0.2) is 36.4 Å². The van der Waals surface area contributed by atoms with Crippen LogP contribution in [-0.2, 0) is 4.79 Å². The summed E-state index contributed by atoms with van der Waals surface area (Å²) in [7, 11) is 0. The van der Waals surface area contributed by atoms with Gasteiger partial charge in [0.2, 0.25) is 5.91 Å². The summed E-state index contributed by atoms with van der Waals surface area (Å²) in [6.45, 7) is 0. The van der Waals surface area contributed by atoms with Crippen molar-refractivity contribution in [2.45, 2.75) is 6.42 Å². The number of para-hydroxylation sites is 1. The average Bonchev–Trinajstić information content (AvgIpc) is 2.16. The Balaban J connectivity index is 2.51. The predicted molar refractivity (Wildman–Crippen MR) is 53.2 cm³/mol. The summed E-state index contributed by atoms with van der Waals surface area (Å²) in [5, 5.41) is 2.68.